The average molecular weight is 305 g/mol. The molecule has 0 spiro atoms. The van der Waals surface area contributed by atoms with E-state index in [4.69, 9.17) is 4.74 Å². The Morgan fingerprint density at radius 2 is 1.96 bits per heavy atom. The first-order chi connectivity index (χ1) is 11.3. The first-order valence-electron chi connectivity index (χ1n) is 8.53. The normalized spacial score (nSPS) is 24.7. The summed E-state index contributed by atoms with van der Waals surface area (Å²) in [5.41, 5.74) is 5.22. The molecule has 1 N–H and O–H groups in total. The summed E-state index contributed by atoms with van der Waals surface area (Å²) in [4.78, 5) is 0. The fraction of sp³-hybridized carbons (Fsp3) is 0.333. The van der Waals surface area contributed by atoms with Crippen molar-refractivity contribution >= 4 is 5.69 Å². The van der Waals surface area contributed by atoms with Crippen molar-refractivity contribution in [3.63, 3.8) is 0 Å². The minimum absolute atomic E-state index is 0.338. The van der Waals surface area contributed by atoms with Crippen LogP contribution in [0.25, 0.3) is 0 Å². The lowest BCUT2D eigenvalue weighted by atomic mass is 9.77. The Balaban J connectivity index is 1.78. The van der Waals surface area contributed by atoms with Crippen molar-refractivity contribution in [1.29, 1.82) is 0 Å². The van der Waals surface area contributed by atoms with Gasteiger partial charge in [0, 0.05) is 5.92 Å². The lowest BCUT2D eigenvalue weighted by molar-refractivity contribution is 0.337. The molecule has 0 saturated carbocycles. The number of ether oxygens (including phenoxy) is 1. The molecule has 2 aromatic carbocycles. The molecule has 2 aromatic rings. The fourth-order valence-electron chi connectivity index (χ4n) is 3.97. The number of hydrogen-bond acceptors (Lipinski definition) is 2. The molecule has 1 heterocycles. The zero-order valence-corrected chi connectivity index (χ0v) is 13.8. The van der Waals surface area contributed by atoms with Gasteiger partial charge < -0.3 is 10.1 Å². The molecule has 2 nitrogen and oxygen atoms in total. The fourth-order valence-corrected chi connectivity index (χ4v) is 3.97. The molecule has 0 radical (unpaired) electrons. The highest BCUT2D eigenvalue weighted by Gasteiger charge is 2.38. The third kappa shape index (κ3) is 2.42. The lowest BCUT2D eigenvalue weighted by Gasteiger charge is -2.38. The number of rotatable bonds is 3. The van der Waals surface area contributed by atoms with E-state index >= 15 is 0 Å². The second-order valence-electron chi connectivity index (χ2n) is 6.54. The third-order valence-corrected chi connectivity index (χ3v) is 5.09. The van der Waals surface area contributed by atoms with Crippen LogP contribution in [0, 0.1) is 12.8 Å². The Hall–Kier alpha value is -2.22. The van der Waals surface area contributed by atoms with E-state index in [0.717, 1.165) is 12.2 Å². The van der Waals surface area contributed by atoms with E-state index in [0.29, 0.717) is 24.5 Å². The van der Waals surface area contributed by atoms with E-state index in [1.165, 1.54) is 22.4 Å². The minimum atomic E-state index is 0.338. The Kier molecular flexibility index (Phi) is 3.60. The summed E-state index contributed by atoms with van der Waals surface area (Å²) >= 11 is 0. The van der Waals surface area contributed by atoms with Gasteiger partial charge in [-0.15, -0.1) is 0 Å². The van der Waals surface area contributed by atoms with Gasteiger partial charge in [0.25, 0.3) is 0 Å². The molecule has 2 aliphatic rings. The lowest BCUT2D eigenvalue weighted by Crippen LogP contribution is -2.29. The van der Waals surface area contributed by atoms with Crippen molar-refractivity contribution in [2.45, 2.75) is 32.2 Å². The Bertz CT molecular complexity index is 732. The predicted octanol–water partition coefficient (Wildman–Crippen LogP) is 5.22. The summed E-state index contributed by atoms with van der Waals surface area (Å²) in [6.07, 6.45) is 5.84. The van der Waals surface area contributed by atoms with Crippen LogP contribution in [-0.4, -0.2) is 6.61 Å². The van der Waals surface area contributed by atoms with Crippen molar-refractivity contribution < 1.29 is 4.74 Å². The molecular weight excluding hydrogens is 282 g/mol. The van der Waals surface area contributed by atoms with E-state index in [2.05, 4.69) is 66.9 Å². The van der Waals surface area contributed by atoms with Crippen LogP contribution in [0.4, 0.5) is 5.69 Å². The van der Waals surface area contributed by atoms with E-state index < -0.39 is 0 Å². The maximum Gasteiger partial charge on any atom is 0.142 e. The number of aryl methyl sites for hydroxylation is 1. The summed E-state index contributed by atoms with van der Waals surface area (Å²) in [6, 6.07) is 15.7. The van der Waals surface area contributed by atoms with Gasteiger partial charge in [0.1, 0.15) is 5.75 Å². The molecule has 0 aromatic heterocycles. The second-order valence-corrected chi connectivity index (χ2v) is 6.54. The van der Waals surface area contributed by atoms with Crippen LogP contribution in [0.3, 0.4) is 0 Å². The molecule has 4 rings (SSSR count). The standard InChI is InChI=1S/C21H23NO/c1-3-23-19-9-5-8-18-16-6-4-7-17(16)20(22-21(18)19)15-12-10-14(2)11-13-15/h4-6,8-13,16-17,20,22H,3,7H2,1-2H3. The van der Waals surface area contributed by atoms with Gasteiger partial charge >= 0.3 is 0 Å². The number of allylic oxidation sites excluding steroid dienone is 2. The zero-order valence-electron chi connectivity index (χ0n) is 13.8. The molecule has 0 fully saturated rings. The smallest absolute Gasteiger partial charge is 0.142 e. The first-order valence-corrected chi connectivity index (χ1v) is 8.53. The third-order valence-electron chi connectivity index (χ3n) is 5.09. The summed E-state index contributed by atoms with van der Waals surface area (Å²) in [7, 11) is 0. The van der Waals surface area contributed by atoms with Crippen LogP contribution in [0.15, 0.2) is 54.6 Å². The maximum absolute atomic E-state index is 5.87. The maximum atomic E-state index is 5.87. The van der Waals surface area contributed by atoms with Crippen molar-refractivity contribution in [2.24, 2.45) is 5.92 Å². The van der Waals surface area contributed by atoms with E-state index in [1.807, 2.05) is 6.92 Å². The zero-order chi connectivity index (χ0) is 15.8. The minimum Gasteiger partial charge on any atom is -0.492 e. The number of fused-ring (bicyclic) bond motifs is 3. The van der Waals surface area contributed by atoms with Crippen LogP contribution >= 0.6 is 0 Å². The van der Waals surface area contributed by atoms with Gasteiger partial charge in [-0.05, 0) is 43.4 Å². The van der Waals surface area contributed by atoms with Crippen LogP contribution in [-0.2, 0) is 0 Å². The number of para-hydroxylation sites is 1. The molecular formula is C21H23NO. The van der Waals surface area contributed by atoms with Gasteiger partial charge in [-0.2, -0.15) is 0 Å². The van der Waals surface area contributed by atoms with Crippen LogP contribution < -0.4 is 10.1 Å². The molecule has 0 saturated heterocycles. The van der Waals surface area contributed by atoms with E-state index in [9.17, 15) is 0 Å². The number of benzene rings is 2. The number of anilines is 1. The molecule has 0 amide bonds. The van der Waals surface area contributed by atoms with E-state index in [-0.39, 0.29) is 0 Å². The topological polar surface area (TPSA) is 21.3 Å². The quantitative estimate of drug-likeness (QED) is 0.785. The predicted molar refractivity (Wildman–Crippen MR) is 95.1 cm³/mol. The average Bonchev–Trinajstić information content (AvgIpc) is 3.05. The van der Waals surface area contributed by atoms with Gasteiger partial charge in [0.05, 0.1) is 18.3 Å². The molecule has 3 unspecified atom stereocenters. The van der Waals surface area contributed by atoms with E-state index in [1.54, 1.807) is 0 Å². The van der Waals surface area contributed by atoms with Gasteiger partial charge in [-0.1, -0.05) is 54.1 Å². The summed E-state index contributed by atoms with van der Waals surface area (Å²) in [6.45, 7) is 4.87. The van der Waals surface area contributed by atoms with Crippen LogP contribution in [0.1, 0.15) is 42.0 Å². The molecule has 2 heteroatoms. The number of nitrogens with one attached hydrogen (secondary N) is 1. The van der Waals surface area contributed by atoms with Crippen LogP contribution in [0.5, 0.6) is 5.75 Å². The number of hydrogen-bond donors (Lipinski definition) is 1. The Labute approximate surface area is 138 Å². The SMILES string of the molecule is CCOc1cccc2c1NC(c1ccc(C)cc1)C1CC=CC21. The Morgan fingerprint density at radius 3 is 2.74 bits per heavy atom. The van der Waals surface area contributed by atoms with Gasteiger partial charge in [0.2, 0.25) is 0 Å². The summed E-state index contributed by atoms with van der Waals surface area (Å²) in [5.74, 6) is 2.04. The van der Waals surface area contributed by atoms with Crippen molar-refractivity contribution in [3.8, 4) is 5.75 Å². The highest BCUT2D eigenvalue weighted by molar-refractivity contribution is 5.67. The van der Waals surface area contributed by atoms with Crippen molar-refractivity contribution in [1.82, 2.24) is 0 Å². The van der Waals surface area contributed by atoms with Gasteiger partial charge in [-0.3, -0.25) is 0 Å². The highest BCUT2D eigenvalue weighted by atomic mass is 16.5. The second kappa shape index (κ2) is 5.77. The summed E-state index contributed by atoms with van der Waals surface area (Å²) in [5, 5.41) is 3.79. The summed E-state index contributed by atoms with van der Waals surface area (Å²) < 4.78 is 5.87. The largest absolute Gasteiger partial charge is 0.492 e. The van der Waals surface area contributed by atoms with Crippen molar-refractivity contribution in [2.75, 3.05) is 11.9 Å². The highest BCUT2D eigenvalue weighted by Crippen LogP contribution is 2.52. The molecule has 3 atom stereocenters. The molecule has 0 bridgehead atoms. The molecule has 1 aliphatic heterocycles. The van der Waals surface area contributed by atoms with Gasteiger partial charge in [0.15, 0.2) is 0 Å². The van der Waals surface area contributed by atoms with Gasteiger partial charge in [-0.25, -0.2) is 0 Å². The Morgan fingerprint density at radius 1 is 1.13 bits per heavy atom. The first kappa shape index (κ1) is 14.4. The monoisotopic (exact) mass is 305 g/mol. The molecule has 1 aliphatic carbocycles. The van der Waals surface area contributed by atoms with Crippen LogP contribution in [0.2, 0.25) is 0 Å². The molecule has 118 valence electrons. The van der Waals surface area contributed by atoms with Crippen molar-refractivity contribution in [3.05, 3.63) is 71.3 Å². The molecule has 23 heavy (non-hydrogen) atoms.